The average Bonchev–Trinajstić information content (AvgIpc) is 2.33. The zero-order valence-corrected chi connectivity index (χ0v) is 5.10. The fraction of sp³-hybridized carbons (Fsp3) is 0. The minimum atomic E-state index is 0.713. The highest BCUT2D eigenvalue weighted by molar-refractivity contribution is 5.51. The quantitative estimate of drug-likeness (QED) is 0.494. The topological polar surface area (TPSA) is 69.6 Å². The standard InChI is InChI=1S/C5H5N5/c6-10-2-5-4(7-3-10)1-8-9-5/h1-3H,6H2. The molecule has 0 fully saturated rings. The first-order valence-electron chi connectivity index (χ1n) is 2.77. The van der Waals surface area contributed by atoms with Gasteiger partial charge in [-0.05, 0) is 0 Å². The molecule has 2 rings (SSSR count). The Labute approximate surface area is 56.8 Å². The number of hydrogen-bond donors (Lipinski definition) is 1. The van der Waals surface area contributed by atoms with Crippen LogP contribution < -0.4 is 5.84 Å². The van der Waals surface area contributed by atoms with Gasteiger partial charge in [0.15, 0.2) is 0 Å². The molecule has 0 radical (unpaired) electrons. The molecule has 0 saturated carbocycles. The summed E-state index contributed by atoms with van der Waals surface area (Å²) in [6.45, 7) is 0. The lowest BCUT2D eigenvalue weighted by Crippen LogP contribution is -2.09. The van der Waals surface area contributed by atoms with Crippen LogP contribution in [-0.4, -0.2) is 19.9 Å². The summed E-state index contributed by atoms with van der Waals surface area (Å²) in [6, 6.07) is 0. The van der Waals surface area contributed by atoms with E-state index in [2.05, 4.69) is 15.2 Å². The van der Waals surface area contributed by atoms with E-state index in [0.717, 1.165) is 5.69 Å². The van der Waals surface area contributed by atoms with Gasteiger partial charge in [-0.3, -0.25) is 4.68 Å². The second-order valence-corrected chi connectivity index (χ2v) is 1.94. The molecular formula is C5H5N5. The van der Waals surface area contributed by atoms with Crippen molar-refractivity contribution in [2.45, 2.75) is 0 Å². The molecule has 5 nitrogen and oxygen atoms in total. The van der Waals surface area contributed by atoms with Crippen molar-refractivity contribution in [3.8, 4) is 11.4 Å². The monoisotopic (exact) mass is 135 g/mol. The summed E-state index contributed by atoms with van der Waals surface area (Å²) in [5.74, 6) is 5.37. The first-order chi connectivity index (χ1) is 4.86. The van der Waals surface area contributed by atoms with E-state index in [1.165, 1.54) is 11.0 Å². The molecule has 0 bridgehead atoms. The summed E-state index contributed by atoms with van der Waals surface area (Å²) < 4.78 is 1.34. The summed E-state index contributed by atoms with van der Waals surface area (Å²) in [4.78, 5) is 3.95. The highest BCUT2D eigenvalue weighted by atomic mass is 15.3. The molecule has 5 heteroatoms. The molecule has 2 N–H and O–H groups in total. The summed E-state index contributed by atoms with van der Waals surface area (Å²) in [5, 5.41) is 7.43. The Morgan fingerprint density at radius 2 is 2.30 bits per heavy atom. The summed E-state index contributed by atoms with van der Waals surface area (Å²) in [6.07, 6.45) is 4.76. The number of fused-ring (bicyclic) bond motifs is 1. The number of nitrogens with zero attached hydrogens (tertiary/aromatic N) is 4. The van der Waals surface area contributed by atoms with E-state index in [9.17, 15) is 0 Å². The van der Waals surface area contributed by atoms with Crippen molar-refractivity contribution in [2.24, 2.45) is 0 Å². The molecule has 50 valence electrons. The Morgan fingerprint density at radius 3 is 3.20 bits per heavy atom. The van der Waals surface area contributed by atoms with Crippen LogP contribution >= 0.6 is 0 Å². The Bertz CT molecular complexity index is 314. The van der Waals surface area contributed by atoms with Crippen LogP contribution in [0.4, 0.5) is 0 Å². The van der Waals surface area contributed by atoms with Gasteiger partial charge in [-0.15, -0.1) is 5.10 Å². The maximum absolute atomic E-state index is 5.37. The minimum Gasteiger partial charge on any atom is -0.338 e. The minimum absolute atomic E-state index is 0.713. The fourth-order valence-corrected chi connectivity index (χ4v) is 0.758. The van der Waals surface area contributed by atoms with Crippen molar-refractivity contribution in [1.29, 1.82) is 0 Å². The molecule has 10 heavy (non-hydrogen) atoms. The highest BCUT2D eigenvalue weighted by Crippen LogP contribution is 2.11. The Kier molecular flexibility index (Phi) is 0.858. The summed E-state index contributed by atoms with van der Waals surface area (Å²) in [7, 11) is 0. The van der Waals surface area contributed by atoms with E-state index in [-0.39, 0.29) is 0 Å². The van der Waals surface area contributed by atoms with Gasteiger partial charge in [0, 0.05) is 0 Å². The van der Waals surface area contributed by atoms with Crippen LogP contribution in [0.2, 0.25) is 0 Å². The van der Waals surface area contributed by atoms with Crippen molar-refractivity contribution < 1.29 is 0 Å². The van der Waals surface area contributed by atoms with Crippen LogP contribution in [0.25, 0.3) is 11.4 Å². The van der Waals surface area contributed by atoms with E-state index in [4.69, 9.17) is 5.84 Å². The normalized spacial score (nSPS) is 10.4. The van der Waals surface area contributed by atoms with Crippen molar-refractivity contribution in [3.05, 3.63) is 18.7 Å². The van der Waals surface area contributed by atoms with Gasteiger partial charge in [0.05, 0.1) is 12.4 Å². The molecule has 0 aromatic heterocycles. The number of rotatable bonds is 0. The number of nitrogen functional groups attached to an aromatic ring is 1. The van der Waals surface area contributed by atoms with E-state index in [1.54, 1.807) is 12.4 Å². The number of nitrogens with two attached hydrogens (primary N) is 1. The van der Waals surface area contributed by atoms with E-state index in [1.807, 2.05) is 0 Å². The number of aromatic nitrogens is 4. The Morgan fingerprint density at radius 1 is 1.40 bits per heavy atom. The van der Waals surface area contributed by atoms with Gasteiger partial charge in [0.1, 0.15) is 17.7 Å². The molecule has 0 saturated heterocycles. The zero-order chi connectivity index (χ0) is 6.97. The highest BCUT2D eigenvalue weighted by Gasteiger charge is 2.04. The predicted octanol–water partition coefficient (Wildman–Crippen LogP) is -0.508. The van der Waals surface area contributed by atoms with Crippen LogP contribution in [0, 0.1) is 0 Å². The van der Waals surface area contributed by atoms with Crippen molar-refractivity contribution in [2.75, 3.05) is 5.84 Å². The molecule has 2 heterocycles. The molecule has 0 amide bonds. The maximum Gasteiger partial charge on any atom is 0.131 e. The van der Waals surface area contributed by atoms with Gasteiger partial charge >= 0.3 is 0 Å². The number of hydrogen-bond acceptors (Lipinski definition) is 4. The van der Waals surface area contributed by atoms with Gasteiger partial charge in [-0.1, -0.05) is 0 Å². The lowest BCUT2D eigenvalue weighted by atomic mass is 10.4. The molecule has 0 aliphatic carbocycles. The first kappa shape index (κ1) is 5.16. The fourth-order valence-electron chi connectivity index (χ4n) is 0.758. The second kappa shape index (κ2) is 1.66. The molecular weight excluding hydrogens is 130 g/mol. The van der Waals surface area contributed by atoms with Crippen LogP contribution in [0.15, 0.2) is 18.7 Å². The third-order valence-corrected chi connectivity index (χ3v) is 1.21. The van der Waals surface area contributed by atoms with Crippen LogP contribution in [-0.2, 0) is 0 Å². The van der Waals surface area contributed by atoms with Gasteiger partial charge in [-0.25, -0.2) is 4.98 Å². The Hall–Kier alpha value is -1.65. The zero-order valence-electron chi connectivity index (χ0n) is 5.10. The lowest BCUT2D eigenvalue weighted by molar-refractivity contribution is 0.928. The van der Waals surface area contributed by atoms with E-state index in [0.29, 0.717) is 5.69 Å². The summed E-state index contributed by atoms with van der Waals surface area (Å²) in [5.41, 5.74) is 1.48. The molecule has 2 aliphatic heterocycles. The second-order valence-electron chi connectivity index (χ2n) is 1.94. The van der Waals surface area contributed by atoms with Gasteiger partial charge < -0.3 is 5.84 Å². The van der Waals surface area contributed by atoms with Crippen LogP contribution in [0.5, 0.6) is 0 Å². The largest absolute Gasteiger partial charge is 0.338 e. The molecule has 0 unspecified atom stereocenters. The molecule has 0 aromatic rings. The predicted molar refractivity (Wildman–Crippen MR) is 34.6 cm³/mol. The molecule has 0 aromatic carbocycles. The molecule has 0 spiro atoms. The maximum atomic E-state index is 5.37. The van der Waals surface area contributed by atoms with Gasteiger partial charge in [0.25, 0.3) is 0 Å². The SMILES string of the molecule is Nn1cnc2cnnc-2c1. The van der Waals surface area contributed by atoms with E-state index < -0.39 is 0 Å². The third kappa shape index (κ3) is 0.604. The lowest BCUT2D eigenvalue weighted by Gasteiger charge is -1.97. The van der Waals surface area contributed by atoms with Gasteiger partial charge in [-0.2, -0.15) is 5.10 Å². The molecule has 0 atom stereocenters. The van der Waals surface area contributed by atoms with Crippen LogP contribution in [0.1, 0.15) is 0 Å². The smallest absolute Gasteiger partial charge is 0.131 e. The molecule has 2 aliphatic rings. The Balaban J connectivity index is 2.75. The van der Waals surface area contributed by atoms with Crippen molar-refractivity contribution in [3.63, 3.8) is 0 Å². The van der Waals surface area contributed by atoms with Gasteiger partial charge in [0.2, 0.25) is 0 Å². The third-order valence-electron chi connectivity index (χ3n) is 1.21. The van der Waals surface area contributed by atoms with E-state index >= 15 is 0 Å². The summed E-state index contributed by atoms with van der Waals surface area (Å²) >= 11 is 0. The average molecular weight is 135 g/mol. The first-order valence-corrected chi connectivity index (χ1v) is 2.77. The van der Waals surface area contributed by atoms with Crippen LogP contribution in [0.3, 0.4) is 0 Å². The van der Waals surface area contributed by atoms with Crippen molar-refractivity contribution in [1.82, 2.24) is 19.9 Å². The van der Waals surface area contributed by atoms with Crippen molar-refractivity contribution >= 4 is 0 Å².